The summed E-state index contributed by atoms with van der Waals surface area (Å²) >= 11 is 0. The lowest BCUT2D eigenvalue weighted by Crippen LogP contribution is -2.14. The van der Waals surface area contributed by atoms with Crippen molar-refractivity contribution >= 4 is 11.7 Å². The fourth-order valence-electron chi connectivity index (χ4n) is 1.21. The highest BCUT2D eigenvalue weighted by Gasteiger charge is 2.10. The maximum Gasteiger partial charge on any atom is 0.274 e. The first-order chi connectivity index (χ1) is 7.81. The Morgan fingerprint density at radius 1 is 1.44 bits per heavy atom. The minimum absolute atomic E-state index is 0.311. The molecule has 16 heavy (non-hydrogen) atoms. The SMILES string of the molecule is COc1cccnc1NC(=O)c1ccn[nH]1. The number of methoxy groups -OCH3 is 1. The third-order valence-electron chi connectivity index (χ3n) is 1.97. The minimum atomic E-state index is -0.311. The molecule has 0 fully saturated rings. The number of pyridine rings is 1. The Labute approximate surface area is 91.7 Å². The zero-order valence-electron chi connectivity index (χ0n) is 8.60. The first kappa shape index (κ1) is 10.2. The largest absolute Gasteiger partial charge is 0.493 e. The van der Waals surface area contributed by atoms with Crippen LogP contribution in [-0.4, -0.2) is 28.2 Å². The van der Waals surface area contributed by atoms with Crippen molar-refractivity contribution in [3.05, 3.63) is 36.3 Å². The predicted octanol–water partition coefficient (Wildman–Crippen LogP) is 1.07. The highest BCUT2D eigenvalue weighted by atomic mass is 16.5. The van der Waals surface area contributed by atoms with E-state index in [0.29, 0.717) is 17.3 Å². The van der Waals surface area contributed by atoms with Crippen LogP contribution in [0.4, 0.5) is 5.82 Å². The molecule has 6 heteroatoms. The van der Waals surface area contributed by atoms with Crippen LogP contribution in [0.3, 0.4) is 0 Å². The zero-order chi connectivity index (χ0) is 11.4. The number of hydrogen-bond acceptors (Lipinski definition) is 4. The van der Waals surface area contributed by atoms with Gasteiger partial charge in [0.2, 0.25) is 0 Å². The van der Waals surface area contributed by atoms with E-state index in [2.05, 4.69) is 20.5 Å². The number of carbonyl (C=O) groups is 1. The Kier molecular flexibility index (Phi) is 2.81. The number of aromatic amines is 1. The van der Waals surface area contributed by atoms with Gasteiger partial charge in [-0.15, -0.1) is 0 Å². The van der Waals surface area contributed by atoms with E-state index in [4.69, 9.17) is 4.74 Å². The molecule has 0 atom stereocenters. The molecule has 0 radical (unpaired) electrons. The van der Waals surface area contributed by atoms with E-state index < -0.39 is 0 Å². The van der Waals surface area contributed by atoms with Crippen molar-refractivity contribution in [2.45, 2.75) is 0 Å². The number of ether oxygens (including phenoxy) is 1. The topological polar surface area (TPSA) is 79.9 Å². The lowest BCUT2D eigenvalue weighted by atomic mass is 10.4. The summed E-state index contributed by atoms with van der Waals surface area (Å²) in [6.45, 7) is 0. The minimum Gasteiger partial charge on any atom is -0.493 e. The Hall–Kier alpha value is -2.37. The van der Waals surface area contributed by atoms with Gasteiger partial charge in [0, 0.05) is 12.4 Å². The number of carbonyl (C=O) groups excluding carboxylic acids is 1. The first-order valence-electron chi connectivity index (χ1n) is 4.61. The van der Waals surface area contributed by atoms with Gasteiger partial charge in [-0.2, -0.15) is 5.10 Å². The molecule has 2 N–H and O–H groups in total. The van der Waals surface area contributed by atoms with E-state index in [-0.39, 0.29) is 5.91 Å². The molecule has 0 saturated carbocycles. The molecular formula is C10H10N4O2. The predicted molar refractivity (Wildman–Crippen MR) is 57.3 cm³/mol. The van der Waals surface area contributed by atoms with Gasteiger partial charge in [-0.25, -0.2) is 4.98 Å². The summed E-state index contributed by atoms with van der Waals surface area (Å²) in [5, 5.41) is 8.87. The molecule has 0 bridgehead atoms. The van der Waals surface area contributed by atoms with Crippen LogP contribution < -0.4 is 10.1 Å². The first-order valence-corrected chi connectivity index (χ1v) is 4.61. The zero-order valence-corrected chi connectivity index (χ0v) is 8.60. The molecule has 6 nitrogen and oxygen atoms in total. The second kappa shape index (κ2) is 4.43. The summed E-state index contributed by atoms with van der Waals surface area (Å²) in [4.78, 5) is 15.7. The van der Waals surface area contributed by atoms with Crippen LogP contribution in [0.2, 0.25) is 0 Å². The fraction of sp³-hybridized carbons (Fsp3) is 0.100. The second-order valence-electron chi connectivity index (χ2n) is 2.98. The number of aromatic nitrogens is 3. The lowest BCUT2D eigenvalue weighted by Gasteiger charge is -2.07. The van der Waals surface area contributed by atoms with E-state index in [1.165, 1.54) is 13.3 Å². The average Bonchev–Trinajstić information content (AvgIpc) is 2.83. The highest BCUT2D eigenvalue weighted by molar-refractivity contribution is 6.02. The van der Waals surface area contributed by atoms with Gasteiger partial charge in [0.15, 0.2) is 11.6 Å². The van der Waals surface area contributed by atoms with Crippen molar-refractivity contribution in [3.8, 4) is 5.75 Å². The van der Waals surface area contributed by atoms with Gasteiger partial charge >= 0.3 is 0 Å². The smallest absolute Gasteiger partial charge is 0.274 e. The quantitative estimate of drug-likeness (QED) is 0.807. The van der Waals surface area contributed by atoms with Gasteiger partial charge in [0.1, 0.15) is 5.69 Å². The van der Waals surface area contributed by atoms with E-state index in [1.807, 2.05) is 0 Å². The van der Waals surface area contributed by atoms with Gasteiger partial charge in [-0.1, -0.05) is 0 Å². The van der Waals surface area contributed by atoms with Gasteiger partial charge in [-0.3, -0.25) is 9.89 Å². The standard InChI is InChI=1S/C10H10N4O2/c1-16-8-3-2-5-11-9(8)13-10(15)7-4-6-12-14-7/h2-6H,1H3,(H,12,14)(H,11,13,15). The normalized spacial score (nSPS) is 9.81. The lowest BCUT2D eigenvalue weighted by molar-refractivity contribution is 0.102. The Bertz CT molecular complexity index is 481. The molecule has 82 valence electrons. The van der Waals surface area contributed by atoms with Crippen LogP contribution in [0, 0.1) is 0 Å². The Morgan fingerprint density at radius 3 is 3.00 bits per heavy atom. The molecule has 2 aromatic rings. The van der Waals surface area contributed by atoms with Crippen molar-refractivity contribution in [1.82, 2.24) is 15.2 Å². The maximum absolute atomic E-state index is 11.7. The third-order valence-corrected chi connectivity index (χ3v) is 1.97. The molecular weight excluding hydrogens is 208 g/mol. The Morgan fingerprint density at radius 2 is 2.31 bits per heavy atom. The van der Waals surface area contributed by atoms with Crippen LogP contribution >= 0.6 is 0 Å². The molecule has 2 rings (SSSR count). The summed E-state index contributed by atoms with van der Waals surface area (Å²) < 4.78 is 5.06. The average molecular weight is 218 g/mol. The van der Waals surface area contributed by atoms with Crippen LogP contribution in [-0.2, 0) is 0 Å². The van der Waals surface area contributed by atoms with Gasteiger partial charge in [-0.05, 0) is 18.2 Å². The van der Waals surface area contributed by atoms with Crippen LogP contribution in [0.1, 0.15) is 10.5 Å². The van der Waals surface area contributed by atoms with Gasteiger partial charge in [0.05, 0.1) is 7.11 Å². The molecule has 0 unspecified atom stereocenters. The molecule has 2 aromatic heterocycles. The molecule has 0 aromatic carbocycles. The van der Waals surface area contributed by atoms with Gasteiger partial charge in [0.25, 0.3) is 5.91 Å². The van der Waals surface area contributed by atoms with Crippen molar-refractivity contribution in [3.63, 3.8) is 0 Å². The van der Waals surface area contributed by atoms with E-state index in [9.17, 15) is 4.79 Å². The number of rotatable bonds is 3. The number of amides is 1. The van der Waals surface area contributed by atoms with Gasteiger partial charge < -0.3 is 10.1 Å². The summed E-state index contributed by atoms with van der Waals surface area (Å²) in [5.41, 5.74) is 0.368. The second-order valence-corrected chi connectivity index (χ2v) is 2.98. The fourth-order valence-corrected chi connectivity index (χ4v) is 1.21. The van der Waals surface area contributed by atoms with Crippen molar-refractivity contribution in [2.24, 2.45) is 0 Å². The molecule has 0 aliphatic carbocycles. The van der Waals surface area contributed by atoms with Crippen molar-refractivity contribution in [1.29, 1.82) is 0 Å². The van der Waals surface area contributed by atoms with Crippen LogP contribution in [0.15, 0.2) is 30.6 Å². The van der Waals surface area contributed by atoms with E-state index in [0.717, 1.165) is 0 Å². The van der Waals surface area contributed by atoms with Crippen molar-refractivity contribution in [2.75, 3.05) is 12.4 Å². The Balaban J connectivity index is 2.18. The summed E-state index contributed by atoms with van der Waals surface area (Å²) in [7, 11) is 1.52. The molecule has 0 aliphatic rings. The van der Waals surface area contributed by atoms with Crippen LogP contribution in [0.5, 0.6) is 5.75 Å². The molecule has 1 amide bonds. The number of hydrogen-bond donors (Lipinski definition) is 2. The summed E-state index contributed by atoms with van der Waals surface area (Å²) in [6.07, 6.45) is 3.08. The van der Waals surface area contributed by atoms with Crippen LogP contribution in [0.25, 0.3) is 0 Å². The highest BCUT2D eigenvalue weighted by Crippen LogP contribution is 2.20. The van der Waals surface area contributed by atoms with E-state index in [1.54, 1.807) is 24.4 Å². The molecule has 0 saturated heterocycles. The third kappa shape index (κ3) is 2.00. The maximum atomic E-state index is 11.7. The van der Waals surface area contributed by atoms with E-state index >= 15 is 0 Å². The molecule has 0 aliphatic heterocycles. The number of nitrogens with zero attached hydrogens (tertiary/aromatic N) is 2. The summed E-state index contributed by atoms with van der Waals surface area (Å²) in [6, 6.07) is 5.02. The summed E-state index contributed by atoms with van der Waals surface area (Å²) in [5.74, 6) is 0.578. The molecule has 0 spiro atoms. The van der Waals surface area contributed by atoms with Crippen molar-refractivity contribution < 1.29 is 9.53 Å². The number of H-pyrrole nitrogens is 1. The molecule has 2 heterocycles. The number of nitrogens with one attached hydrogen (secondary N) is 2. The number of anilines is 1. The monoisotopic (exact) mass is 218 g/mol.